The van der Waals surface area contributed by atoms with Gasteiger partial charge in [0.15, 0.2) is 0 Å². The van der Waals surface area contributed by atoms with Crippen molar-refractivity contribution in [1.82, 2.24) is 19.9 Å². The molecule has 2 N–H and O–H groups in total. The maximum Gasteiger partial charge on any atom is 0.132 e. The van der Waals surface area contributed by atoms with Crippen molar-refractivity contribution in [3.05, 3.63) is 66.2 Å². The lowest BCUT2D eigenvalue weighted by atomic mass is 10.1. The second kappa shape index (κ2) is 8.55. The minimum Gasteiger partial charge on any atom is -0.384 e. The van der Waals surface area contributed by atoms with Gasteiger partial charge >= 0.3 is 0 Å². The molecule has 0 radical (unpaired) electrons. The van der Waals surface area contributed by atoms with E-state index in [0.717, 1.165) is 42.3 Å². The average molecular weight is 390 g/mol. The van der Waals surface area contributed by atoms with E-state index < -0.39 is 0 Å². The first-order chi connectivity index (χ1) is 14.1. The number of nitrogens with two attached hydrogens (primary N) is 1. The van der Waals surface area contributed by atoms with Crippen LogP contribution in [0.3, 0.4) is 0 Å². The number of pyridine rings is 3. The van der Waals surface area contributed by atoms with E-state index in [2.05, 4.69) is 36.9 Å². The Bertz CT molecular complexity index is 942. The number of hydrogen-bond acceptors (Lipinski definition) is 7. The first-order valence-corrected chi connectivity index (χ1v) is 9.73. The lowest BCUT2D eigenvalue weighted by Crippen LogP contribution is -2.38. The van der Waals surface area contributed by atoms with Gasteiger partial charge in [-0.1, -0.05) is 12.1 Å². The number of hydrogen-bond donors (Lipinski definition) is 1. The van der Waals surface area contributed by atoms with E-state index >= 15 is 0 Å². The summed E-state index contributed by atoms with van der Waals surface area (Å²) in [7, 11) is 4.05. The van der Waals surface area contributed by atoms with Crippen molar-refractivity contribution >= 4 is 11.6 Å². The molecule has 0 saturated carbocycles. The molecule has 0 unspecified atom stereocenters. The number of rotatable bonds is 5. The molecule has 29 heavy (non-hydrogen) atoms. The highest BCUT2D eigenvalue weighted by molar-refractivity contribution is 5.62. The topological polar surface area (TPSA) is 80.4 Å². The fourth-order valence-corrected chi connectivity index (χ4v) is 3.56. The van der Waals surface area contributed by atoms with Gasteiger partial charge in [0.2, 0.25) is 0 Å². The molecule has 1 aliphatic heterocycles. The fraction of sp³-hybridized carbons (Fsp3) is 0.318. The summed E-state index contributed by atoms with van der Waals surface area (Å²) in [5.41, 5.74) is 9.84. The Labute approximate surface area is 171 Å². The van der Waals surface area contributed by atoms with Crippen LogP contribution < -0.4 is 10.6 Å². The van der Waals surface area contributed by atoms with E-state index in [9.17, 15) is 0 Å². The van der Waals surface area contributed by atoms with Gasteiger partial charge in [-0.15, -0.1) is 0 Å². The lowest BCUT2D eigenvalue weighted by molar-refractivity contribution is -0.0349. The normalized spacial score (nSPS) is 17.2. The second-order valence-corrected chi connectivity index (χ2v) is 7.42. The van der Waals surface area contributed by atoms with E-state index in [1.165, 1.54) is 5.56 Å². The van der Waals surface area contributed by atoms with Gasteiger partial charge in [-0.05, 0) is 24.3 Å². The summed E-state index contributed by atoms with van der Waals surface area (Å²) in [6.07, 6.45) is 5.43. The minimum absolute atomic E-state index is 0.0400. The Morgan fingerprint density at radius 3 is 2.55 bits per heavy atom. The van der Waals surface area contributed by atoms with Crippen molar-refractivity contribution in [1.29, 1.82) is 0 Å². The maximum absolute atomic E-state index is 6.01. The van der Waals surface area contributed by atoms with Crippen LogP contribution in [0.2, 0.25) is 0 Å². The van der Waals surface area contributed by atoms with Gasteiger partial charge < -0.3 is 15.4 Å². The lowest BCUT2D eigenvalue weighted by Gasteiger charge is -2.33. The smallest absolute Gasteiger partial charge is 0.132 e. The van der Waals surface area contributed by atoms with Crippen molar-refractivity contribution < 1.29 is 4.74 Å². The molecule has 0 spiro atoms. The quantitative estimate of drug-likeness (QED) is 0.717. The highest BCUT2D eigenvalue weighted by Gasteiger charge is 2.24. The van der Waals surface area contributed by atoms with Crippen molar-refractivity contribution in [2.75, 3.05) is 44.4 Å². The number of nitrogens with zero attached hydrogens (tertiary/aromatic N) is 5. The zero-order chi connectivity index (χ0) is 20.2. The summed E-state index contributed by atoms with van der Waals surface area (Å²) in [5.74, 6) is 1.52. The molecule has 0 aromatic carbocycles. The van der Waals surface area contributed by atoms with Gasteiger partial charge in [0.05, 0.1) is 12.3 Å². The summed E-state index contributed by atoms with van der Waals surface area (Å²) < 4.78 is 6.01. The van der Waals surface area contributed by atoms with Crippen LogP contribution in [-0.2, 0) is 11.3 Å². The molecule has 0 aliphatic carbocycles. The Hall–Kier alpha value is -3.03. The van der Waals surface area contributed by atoms with Crippen LogP contribution >= 0.6 is 0 Å². The fourth-order valence-electron chi connectivity index (χ4n) is 3.56. The molecule has 4 rings (SSSR count). The van der Waals surface area contributed by atoms with E-state index in [-0.39, 0.29) is 6.10 Å². The number of aromatic nitrogens is 3. The highest BCUT2D eigenvalue weighted by atomic mass is 16.5. The summed E-state index contributed by atoms with van der Waals surface area (Å²) in [5, 5.41) is 0. The van der Waals surface area contributed by atoms with Crippen LogP contribution in [0.5, 0.6) is 0 Å². The highest BCUT2D eigenvalue weighted by Crippen LogP contribution is 2.26. The van der Waals surface area contributed by atoms with Gasteiger partial charge in [-0.2, -0.15) is 0 Å². The Morgan fingerprint density at radius 2 is 1.86 bits per heavy atom. The first kappa shape index (κ1) is 19.3. The Balaban J connectivity index is 1.45. The van der Waals surface area contributed by atoms with E-state index in [1.54, 1.807) is 12.3 Å². The molecule has 3 aromatic rings. The number of ether oxygens (including phenoxy) is 1. The number of nitrogen functional groups attached to an aromatic ring is 1. The predicted molar refractivity (Wildman–Crippen MR) is 114 cm³/mol. The van der Waals surface area contributed by atoms with Crippen LogP contribution in [0.1, 0.15) is 17.4 Å². The predicted octanol–water partition coefficient (Wildman–Crippen LogP) is 2.76. The Kier molecular flexibility index (Phi) is 5.69. The zero-order valence-electron chi connectivity index (χ0n) is 16.8. The number of morpholine rings is 1. The molecular weight excluding hydrogens is 364 g/mol. The molecule has 1 aliphatic rings. The van der Waals surface area contributed by atoms with Crippen molar-refractivity contribution in [3.8, 4) is 11.1 Å². The largest absolute Gasteiger partial charge is 0.384 e. The van der Waals surface area contributed by atoms with Crippen LogP contribution in [0.4, 0.5) is 11.6 Å². The minimum atomic E-state index is -0.0400. The molecule has 7 nitrogen and oxygen atoms in total. The third-order valence-electron chi connectivity index (χ3n) is 5.07. The van der Waals surface area contributed by atoms with Crippen molar-refractivity contribution in [2.45, 2.75) is 12.6 Å². The van der Waals surface area contributed by atoms with E-state index in [0.29, 0.717) is 12.4 Å². The molecule has 0 bridgehead atoms. The molecule has 3 aromatic heterocycles. The standard InChI is InChI=1S/C22H26N6O/c1-27(2)22-18(4-3-9-24-22)14-28-10-11-29-20(15-28)19-7-5-16(12-25-19)17-6-8-21(23)26-13-17/h3-9,12-13,20H,10-11,14-15H2,1-2H3,(H2,23,26)/t20-/m1/s1. The molecule has 150 valence electrons. The molecule has 0 amide bonds. The third kappa shape index (κ3) is 4.52. The summed E-state index contributed by atoms with van der Waals surface area (Å²) >= 11 is 0. The summed E-state index contributed by atoms with van der Waals surface area (Å²) in [6, 6.07) is 12.0. The molecule has 1 fully saturated rings. The monoisotopic (exact) mass is 390 g/mol. The third-order valence-corrected chi connectivity index (χ3v) is 5.07. The van der Waals surface area contributed by atoms with Gasteiger partial charge in [-0.3, -0.25) is 9.88 Å². The SMILES string of the molecule is CN(C)c1ncccc1CN1CCO[C@@H](c2ccc(-c3ccc(N)nc3)cn2)C1. The summed E-state index contributed by atoms with van der Waals surface area (Å²) in [4.78, 5) is 17.8. The van der Waals surface area contributed by atoms with Crippen molar-refractivity contribution in [2.24, 2.45) is 0 Å². The molecule has 1 atom stereocenters. The van der Waals surface area contributed by atoms with Gasteiger partial charge in [0.1, 0.15) is 17.7 Å². The van der Waals surface area contributed by atoms with Crippen molar-refractivity contribution in [3.63, 3.8) is 0 Å². The summed E-state index contributed by atoms with van der Waals surface area (Å²) in [6.45, 7) is 3.23. The van der Waals surface area contributed by atoms with Gasteiger partial charge in [-0.25, -0.2) is 9.97 Å². The van der Waals surface area contributed by atoms with Crippen LogP contribution in [0.15, 0.2) is 55.0 Å². The van der Waals surface area contributed by atoms with Crippen LogP contribution in [0, 0.1) is 0 Å². The van der Waals surface area contributed by atoms with Crippen LogP contribution in [0.25, 0.3) is 11.1 Å². The maximum atomic E-state index is 6.01. The molecule has 4 heterocycles. The second-order valence-electron chi connectivity index (χ2n) is 7.42. The van der Waals surface area contributed by atoms with Gasteiger partial charge in [0, 0.05) is 69.0 Å². The molecular formula is C22H26N6O. The zero-order valence-corrected chi connectivity index (χ0v) is 16.8. The van der Waals surface area contributed by atoms with E-state index in [1.807, 2.05) is 44.7 Å². The average Bonchev–Trinajstić information content (AvgIpc) is 2.75. The van der Waals surface area contributed by atoms with Crippen LogP contribution in [-0.4, -0.2) is 53.6 Å². The first-order valence-electron chi connectivity index (χ1n) is 9.73. The molecule has 7 heteroatoms. The van der Waals surface area contributed by atoms with E-state index in [4.69, 9.17) is 10.5 Å². The Morgan fingerprint density at radius 1 is 1.07 bits per heavy atom. The molecule has 1 saturated heterocycles. The van der Waals surface area contributed by atoms with Gasteiger partial charge in [0.25, 0.3) is 0 Å². The number of anilines is 2.